The highest BCUT2D eigenvalue weighted by atomic mass is 32.2. The first-order chi connectivity index (χ1) is 10.7. The number of carbonyl (C=O) groups excluding carboxylic acids is 1. The smallest absolute Gasteiger partial charge is 0.336 e. The summed E-state index contributed by atoms with van der Waals surface area (Å²) in [7, 11) is -3.98. The summed E-state index contributed by atoms with van der Waals surface area (Å²) in [6.07, 6.45) is 0. The quantitative estimate of drug-likeness (QED) is 0.892. The maximum absolute atomic E-state index is 12.2. The lowest BCUT2D eigenvalue weighted by molar-refractivity contribution is 0.0694. The molecule has 6 nitrogen and oxygen atoms in total. The molecule has 0 fully saturated rings. The van der Waals surface area contributed by atoms with Gasteiger partial charge in [0.05, 0.1) is 10.5 Å². The Kier molecular flexibility index (Phi) is 4.51. The van der Waals surface area contributed by atoms with Crippen LogP contribution < -0.4 is 4.72 Å². The van der Waals surface area contributed by atoms with Crippen LogP contribution in [0.1, 0.15) is 31.8 Å². The van der Waals surface area contributed by atoms with E-state index in [0.717, 1.165) is 0 Å². The fraction of sp³-hybridized carbons (Fsp3) is 0.125. The Bertz CT molecular complexity index is 850. The minimum atomic E-state index is -3.98. The van der Waals surface area contributed by atoms with E-state index in [2.05, 4.69) is 0 Å². The molecule has 2 rings (SSSR count). The predicted octanol–water partition coefficient (Wildman–Crippen LogP) is 2.12. The molecule has 2 aromatic rings. The number of sulfonamides is 1. The largest absolute Gasteiger partial charge is 0.478 e. The van der Waals surface area contributed by atoms with Crippen LogP contribution in [-0.2, 0) is 10.0 Å². The van der Waals surface area contributed by atoms with Crippen LogP contribution >= 0.6 is 0 Å². The summed E-state index contributed by atoms with van der Waals surface area (Å²) in [6, 6.07) is 10.2. The van der Waals surface area contributed by atoms with Crippen molar-refractivity contribution in [2.75, 3.05) is 0 Å². The Balaban J connectivity index is 2.34. The van der Waals surface area contributed by atoms with Gasteiger partial charge < -0.3 is 5.11 Å². The summed E-state index contributed by atoms with van der Waals surface area (Å²) in [5.74, 6) is -1.90. The zero-order valence-corrected chi connectivity index (χ0v) is 13.3. The van der Waals surface area contributed by atoms with Crippen molar-refractivity contribution in [3.05, 3.63) is 64.7 Å². The maximum Gasteiger partial charge on any atom is 0.336 e. The van der Waals surface area contributed by atoms with Gasteiger partial charge in [0, 0.05) is 5.56 Å². The van der Waals surface area contributed by atoms with Gasteiger partial charge in [-0.25, -0.2) is 17.9 Å². The van der Waals surface area contributed by atoms with E-state index in [-0.39, 0.29) is 16.0 Å². The minimum absolute atomic E-state index is 0.0241. The Morgan fingerprint density at radius 1 is 1.00 bits per heavy atom. The first kappa shape index (κ1) is 16.7. The fourth-order valence-electron chi connectivity index (χ4n) is 2.27. The van der Waals surface area contributed by atoms with Crippen molar-refractivity contribution in [1.82, 2.24) is 4.72 Å². The summed E-state index contributed by atoms with van der Waals surface area (Å²) in [4.78, 5) is 23.3. The van der Waals surface area contributed by atoms with Crippen LogP contribution in [-0.4, -0.2) is 25.4 Å². The van der Waals surface area contributed by atoms with Crippen LogP contribution in [0, 0.1) is 13.8 Å². The lowest BCUT2D eigenvalue weighted by Gasteiger charge is -2.10. The third-order valence-electron chi connectivity index (χ3n) is 3.29. The van der Waals surface area contributed by atoms with Crippen LogP contribution in [0.5, 0.6) is 0 Å². The monoisotopic (exact) mass is 333 g/mol. The van der Waals surface area contributed by atoms with Crippen LogP contribution in [0.2, 0.25) is 0 Å². The first-order valence-electron chi connectivity index (χ1n) is 6.69. The van der Waals surface area contributed by atoms with E-state index in [1.165, 1.54) is 24.3 Å². The number of hydrogen-bond acceptors (Lipinski definition) is 4. The second-order valence-corrected chi connectivity index (χ2v) is 6.72. The summed E-state index contributed by atoms with van der Waals surface area (Å²) in [5.41, 5.74) is 0.969. The highest BCUT2D eigenvalue weighted by molar-refractivity contribution is 7.90. The molecule has 0 bridgehead atoms. The Labute approximate surface area is 133 Å². The number of amides is 1. The minimum Gasteiger partial charge on any atom is -0.478 e. The number of carboxylic acids is 1. The molecule has 1 amide bonds. The van der Waals surface area contributed by atoms with Gasteiger partial charge in [-0.3, -0.25) is 4.79 Å². The number of rotatable bonds is 4. The molecule has 0 saturated heterocycles. The van der Waals surface area contributed by atoms with Gasteiger partial charge in [0.2, 0.25) is 0 Å². The second kappa shape index (κ2) is 6.21. The van der Waals surface area contributed by atoms with E-state index >= 15 is 0 Å². The molecule has 120 valence electrons. The van der Waals surface area contributed by atoms with Crippen LogP contribution in [0.4, 0.5) is 0 Å². The average Bonchev–Trinajstić information content (AvgIpc) is 2.46. The first-order valence-corrected chi connectivity index (χ1v) is 8.17. The zero-order chi connectivity index (χ0) is 17.2. The van der Waals surface area contributed by atoms with Crippen molar-refractivity contribution in [2.24, 2.45) is 0 Å². The van der Waals surface area contributed by atoms with Gasteiger partial charge in [-0.15, -0.1) is 0 Å². The van der Waals surface area contributed by atoms with E-state index in [0.29, 0.717) is 11.1 Å². The maximum atomic E-state index is 12.2. The topological polar surface area (TPSA) is 101 Å². The van der Waals surface area contributed by atoms with E-state index < -0.39 is 21.9 Å². The van der Waals surface area contributed by atoms with Gasteiger partial charge in [-0.2, -0.15) is 0 Å². The van der Waals surface area contributed by atoms with Crippen molar-refractivity contribution < 1.29 is 23.1 Å². The van der Waals surface area contributed by atoms with Gasteiger partial charge in [0.1, 0.15) is 0 Å². The van der Waals surface area contributed by atoms with Crippen LogP contribution in [0.25, 0.3) is 0 Å². The molecule has 0 heterocycles. The normalized spacial score (nSPS) is 11.0. The number of nitrogens with one attached hydrogen (secondary N) is 1. The Hall–Kier alpha value is -2.67. The van der Waals surface area contributed by atoms with Crippen LogP contribution in [0.3, 0.4) is 0 Å². The third kappa shape index (κ3) is 3.57. The average molecular weight is 333 g/mol. The molecule has 7 heteroatoms. The molecule has 0 atom stereocenters. The lowest BCUT2D eigenvalue weighted by Crippen LogP contribution is -2.30. The number of carboxylic acid groups (broad SMARTS) is 1. The summed E-state index contributed by atoms with van der Waals surface area (Å²) >= 11 is 0. The lowest BCUT2D eigenvalue weighted by atomic mass is 9.99. The standard InChI is InChI=1S/C16H15NO5S/c1-10-8-12(9-11(2)14(10)16(19)20)15(18)17-23(21,22)13-6-4-3-5-7-13/h3-9H,1-2H3,(H,17,18)(H,19,20). The van der Waals surface area contributed by atoms with Gasteiger partial charge in [0.15, 0.2) is 0 Å². The molecule has 0 aromatic heterocycles. The number of hydrogen-bond donors (Lipinski definition) is 2. The van der Waals surface area contributed by atoms with Gasteiger partial charge in [-0.05, 0) is 49.2 Å². The predicted molar refractivity (Wildman–Crippen MR) is 84.0 cm³/mol. The molecule has 0 spiro atoms. The second-order valence-electron chi connectivity index (χ2n) is 5.04. The summed E-state index contributed by atoms with van der Waals surface area (Å²) < 4.78 is 26.2. The highest BCUT2D eigenvalue weighted by Gasteiger charge is 2.20. The third-order valence-corrected chi connectivity index (χ3v) is 4.64. The highest BCUT2D eigenvalue weighted by Crippen LogP contribution is 2.17. The Morgan fingerprint density at radius 2 is 1.52 bits per heavy atom. The van der Waals surface area contributed by atoms with Crippen LogP contribution in [0.15, 0.2) is 47.4 Å². The molecule has 0 aliphatic rings. The number of benzene rings is 2. The van der Waals surface area contributed by atoms with E-state index in [1.54, 1.807) is 32.0 Å². The van der Waals surface area contributed by atoms with Crippen molar-refractivity contribution in [3.8, 4) is 0 Å². The van der Waals surface area contributed by atoms with Crippen molar-refractivity contribution in [3.63, 3.8) is 0 Å². The van der Waals surface area contributed by atoms with Crippen molar-refractivity contribution >= 4 is 21.9 Å². The molecular weight excluding hydrogens is 318 g/mol. The molecule has 0 unspecified atom stereocenters. The molecule has 2 N–H and O–H groups in total. The van der Waals surface area contributed by atoms with Crippen molar-refractivity contribution in [2.45, 2.75) is 18.7 Å². The summed E-state index contributed by atoms with van der Waals surface area (Å²) in [5, 5.41) is 9.11. The SMILES string of the molecule is Cc1cc(C(=O)NS(=O)(=O)c2ccccc2)cc(C)c1C(=O)O. The van der Waals surface area contributed by atoms with Gasteiger partial charge >= 0.3 is 5.97 Å². The van der Waals surface area contributed by atoms with E-state index in [4.69, 9.17) is 5.11 Å². The van der Waals surface area contributed by atoms with E-state index in [1.807, 2.05) is 4.72 Å². The molecule has 0 saturated carbocycles. The molecule has 0 aliphatic carbocycles. The van der Waals surface area contributed by atoms with E-state index in [9.17, 15) is 18.0 Å². The molecule has 2 aromatic carbocycles. The fourth-order valence-corrected chi connectivity index (χ4v) is 3.27. The van der Waals surface area contributed by atoms with Gasteiger partial charge in [0.25, 0.3) is 15.9 Å². The number of carbonyl (C=O) groups is 2. The molecule has 23 heavy (non-hydrogen) atoms. The molecule has 0 radical (unpaired) electrons. The number of aryl methyl sites for hydroxylation is 2. The summed E-state index contributed by atoms with van der Waals surface area (Å²) in [6.45, 7) is 3.11. The van der Waals surface area contributed by atoms with Gasteiger partial charge in [-0.1, -0.05) is 18.2 Å². The zero-order valence-electron chi connectivity index (χ0n) is 12.5. The van der Waals surface area contributed by atoms with Crippen molar-refractivity contribution in [1.29, 1.82) is 0 Å². The molecule has 0 aliphatic heterocycles. The number of aromatic carboxylic acids is 1. The Morgan fingerprint density at radius 3 is 2.00 bits per heavy atom. The molecular formula is C16H15NO5S.